The molecule has 1 N–H and O–H groups in total. The number of carbonyl (C=O) groups excluding carboxylic acids is 1. The molecule has 2 nitrogen and oxygen atoms in total. The first kappa shape index (κ1) is 9.97. The molecule has 0 unspecified atom stereocenters. The number of nitrogens with one attached hydrogen (secondary N) is 1. The second-order valence-corrected chi connectivity index (χ2v) is 4.60. The average molecular weight is 201 g/mol. The van der Waals surface area contributed by atoms with Gasteiger partial charge in [0.25, 0.3) is 0 Å². The van der Waals surface area contributed by atoms with E-state index >= 15 is 0 Å². The molecule has 0 aromatic heterocycles. The summed E-state index contributed by atoms with van der Waals surface area (Å²) >= 11 is 0. The van der Waals surface area contributed by atoms with Gasteiger partial charge in [0, 0.05) is 17.5 Å². The Balaban J connectivity index is 2.26. The van der Waals surface area contributed by atoms with E-state index in [1.807, 2.05) is 50.3 Å². The van der Waals surface area contributed by atoms with Crippen LogP contribution in [0.5, 0.6) is 0 Å². The smallest absolute Gasteiger partial charge is 0.247 e. The number of rotatable bonds is 1. The fraction of sp³-hybridized carbons (Fsp3) is 0.308. The van der Waals surface area contributed by atoms with E-state index < -0.39 is 0 Å². The van der Waals surface area contributed by atoms with Crippen molar-refractivity contribution in [2.24, 2.45) is 0 Å². The summed E-state index contributed by atoms with van der Waals surface area (Å²) in [6.45, 7) is 4.08. The summed E-state index contributed by atoms with van der Waals surface area (Å²) in [4.78, 5) is 11.6. The van der Waals surface area contributed by atoms with Crippen LogP contribution in [0.2, 0.25) is 0 Å². The van der Waals surface area contributed by atoms with Crippen LogP contribution >= 0.6 is 0 Å². The van der Waals surface area contributed by atoms with Crippen molar-refractivity contribution in [3.8, 4) is 0 Å². The van der Waals surface area contributed by atoms with Crippen LogP contribution in [0.15, 0.2) is 35.9 Å². The number of hydrogen-bond donors (Lipinski definition) is 1. The fourth-order valence-corrected chi connectivity index (χ4v) is 1.86. The Kier molecular flexibility index (Phi) is 2.35. The minimum Gasteiger partial charge on any atom is -0.347 e. The minimum atomic E-state index is -0.0995. The van der Waals surface area contributed by atoms with Gasteiger partial charge in [-0.1, -0.05) is 30.3 Å². The molecule has 1 aliphatic rings. The SMILES string of the molecule is CC1(C)C/C(=C\c2ccccc2)C(=O)N1. The van der Waals surface area contributed by atoms with Gasteiger partial charge in [-0.15, -0.1) is 0 Å². The van der Waals surface area contributed by atoms with Gasteiger partial charge in [0.1, 0.15) is 0 Å². The lowest BCUT2D eigenvalue weighted by molar-refractivity contribution is -0.116. The maximum Gasteiger partial charge on any atom is 0.247 e. The van der Waals surface area contributed by atoms with Crippen molar-refractivity contribution in [1.82, 2.24) is 5.32 Å². The molecule has 1 heterocycles. The molecule has 1 aromatic carbocycles. The largest absolute Gasteiger partial charge is 0.347 e. The first-order chi connectivity index (χ1) is 7.07. The minimum absolute atomic E-state index is 0.0591. The highest BCUT2D eigenvalue weighted by Crippen LogP contribution is 2.25. The van der Waals surface area contributed by atoms with E-state index in [1.165, 1.54) is 0 Å². The molecule has 0 spiro atoms. The van der Waals surface area contributed by atoms with Crippen LogP contribution in [0.25, 0.3) is 6.08 Å². The van der Waals surface area contributed by atoms with Crippen molar-refractivity contribution in [3.63, 3.8) is 0 Å². The molecule has 1 amide bonds. The predicted octanol–water partition coefficient (Wildman–Crippen LogP) is 2.37. The second kappa shape index (κ2) is 3.54. The van der Waals surface area contributed by atoms with Gasteiger partial charge in [0.05, 0.1) is 0 Å². The van der Waals surface area contributed by atoms with E-state index in [4.69, 9.17) is 0 Å². The molecule has 0 bridgehead atoms. The third kappa shape index (κ3) is 2.27. The van der Waals surface area contributed by atoms with Crippen LogP contribution in [0.3, 0.4) is 0 Å². The molecular weight excluding hydrogens is 186 g/mol. The number of amides is 1. The Labute approximate surface area is 90.0 Å². The Morgan fingerprint density at radius 1 is 1.27 bits per heavy atom. The molecule has 1 saturated heterocycles. The van der Waals surface area contributed by atoms with Gasteiger partial charge >= 0.3 is 0 Å². The predicted molar refractivity (Wildman–Crippen MR) is 61.3 cm³/mol. The Bertz CT molecular complexity index is 404. The van der Waals surface area contributed by atoms with Crippen molar-refractivity contribution in [3.05, 3.63) is 41.5 Å². The van der Waals surface area contributed by atoms with Crippen LogP contribution in [0.4, 0.5) is 0 Å². The third-order valence-electron chi connectivity index (χ3n) is 2.52. The van der Waals surface area contributed by atoms with Crippen molar-refractivity contribution < 1.29 is 4.79 Å². The molecule has 1 fully saturated rings. The summed E-state index contributed by atoms with van der Waals surface area (Å²) in [7, 11) is 0. The highest BCUT2D eigenvalue weighted by Gasteiger charge is 2.32. The van der Waals surface area contributed by atoms with E-state index in [-0.39, 0.29) is 11.4 Å². The maximum absolute atomic E-state index is 11.6. The summed E-state index contributed by atoms with van der Waals surface area (Å²) in [5.74, 6) is 0.0591. The van der Waals surface area contributed by atoms with Crippen LogP contribution in [-0.4, -0.2) is 11.4 Å². The first-order valence-electron chi connectivity index (χ1n) is 5.15. The number of carbonyl (C=O) groups is 1. The van der Waals surface area contributed by atoms with Crippen molar-refractivity contribution in [1.29, 1.82) is 0 Å². The molecule has 2 rings (SSSR count). The van der Waals surface area contributed by atoms with Crippen LogP contribution in [0, 0.1) is 0 Å². The van der Waals surface area contributed by atoms with Crippen molar-refractivity contribution in [2.75, 3.05) is 0 Å². The monoisotopic (exact) mass is 201 g/mol. The summed E-state index contributed by atoms with van der Waals surface area (Å²) in [6.07, 6.45) is 2.75. The van der Waals surface area contributed by atoms with Gasteiger partial charge in [-0.25, -0.2) is 0 Å². The molecule has 0 atom stereocenters. The number of benzene rings is 1. The normalized spacial score (nSPS) is 21.7. The van der Waals surface area contributed by atoms with Crippen molar-refractivity contribution in [2.45, 2.75) is 25.8 Å². The molecule has 1 aliphatic heterocycles. The van der Waals surface area contributed by atoms with Gasteiger partial charge in [0.2, 0.25) is 5.91 Å². The van der Waals surface area contributed by atoms with Gasteiger partial charge in [-0.2, -0.15) is 0 Å². The zero-order valence-corrected chi connectivity index (χ0v) is 9.08. The lowest BCUT2D eigenvalue weighted by Crippen LogP contribution is -2.34. The zero-order valence-electron chi connectivity index (χ0n) is 9.08. The average Bonchev–Trinajstić information content (AvgIpc) is 2.41. The molecule has 0 radical (unpaired) electrons. The van der Waals surface area contributed by atoms with Gasteiger partial charge < -0.3 is 5.32 Å². The van der Waals surface area contributed by atoms with Gasteiger partial charge in [0.15, 0.2) is 0 Å². The quantitative estimate of drug-likeness (QED) is 0.694. The maximum atomic E-state index is 11.6. The second-order valence-electron chi connectivity index (χ2n) is 4.60. The van der Waals surface area contributed by atoms with E-state index in [0.717, 1.165) is 17.6 Å². The highest BCUT2D eigenvalue weighted by atomic mass is 16.2. The summed E-state index contributed by atoms with van der Waals surface area (Å²) in [6, 6.07) is 9.94. The molecule has 15 heavy (non-hydrogen) atoms. The first-order valence-corrected chi connectivity index (χ1v) is 5.15. The lowest BCUT2D eigenvalue weighted by Gasteiger charge is -2.15. The Morgan fingerprint density at radius 2 is 1.93 bits per heavy atom. The topological polar surface area (TPSA) is 29.1 Å². The van der Waals surface area contributed by atoms with E-state index in [0.29, 0.717) is 0 Å². The van der Waals surface area contributed by atoms with Gasteiger partial charge in [-0.05, 0) is 25.5 Å². The zero-order chi connectivity index (χ0) is 10.9. The fourth-order valence-electron chi connectivity index (χ4n) is 1.86. The molecule has 78 valence electrons. The molecule has 0 saturated carbocycles. The van der Waals surface area contributed by atoms with E-state index in [9.17, 15) is 4.79 Å². The van der Waals surface area contributed by atoms with Crippen LogP contribution in [0.1, 0.15) is 25.8 Å². The molecule has 1 aromatic rings. The third-order valence-corrected chi connectivity index (χ3v) is 2.52. The Hall–Kier alpha value is -1.57. The van der Waals surface area contributed by atoms with E-state index in [2.05, 4.69) is 5.32 Å². The molecule has 0 aliphatic carbocycles. The summed E-state index contributed by atoms with van der Waals surface area (Å²) < 4.78 is 0. The van der Waals surface area contributed by atoms with Crippen LogP contribution in [-0.2, 0) is 4.79 Å². The van der Waals surface area contributed by atoms with Crippen molar-refractivity contribution >= 4 is 12.0 Å². The van der Waals surface area contributed by atoms with E-state index in [1.54, 1.807) is 0 Å². The molecule has 2 heteroatoms. The standard InChI is InChI=1S/C13H15NO/c1-13(2)9-11(12(15)14-13)8-10-6-4-3-5-7-10/h3-8H,9H2,1-2H3,(H,14,15)/b11-8+. The Morgan fingerprint density at radius 3 is 2.47 bits per heavy atom. The van der Waals surface area contributed by atoms with Gasteiger partial charge in [-0.3, -0.25) is 4.79 Å². The summed E-state index contributed by atoms with van der Waals surface area (Å²) in [5, 5.41) is 2.96. The molecular formula is C13H15NO. The number of hydrogen-bond acceptors (Lipinski definition) is 1. The highest BCUT2D eigenvalue weighted by molar-refractivity contribution is 6.00. The van der Waals surface area contributed by atoms with Crippen LogP contribution < -0.4 is 5.32 Å². The summed E-state index contributed by atoms with van der Waals surface area (Å²) in [5.41, 5.74) is 1.85. The lowest BCUT2D eigenvalue weighted by atomic mass is 9.99.